The summed E-state index contributed by atoms with van der Waals surface area (Å²) in [5, 5.41) is 13.9. The van der Waals surface area contributed by atoms with Crippen molar-refractivity contribution >= 4 is 11.4 Å². The molecule has 0 amide bonds. The number of nitrogens with one attached hydrogen (secondary N) is 1. The van der Waals surface area contributed by atoms with Gasteiger partial charge in [0.15, 0.2) is 5.82 Å². The van der Waals surface area contributed by atoms with E-state index in [1.165, 1.54) is 6.07 Å². The van der Waals surface area contributed by atoms with Gasteiger partial charge in [0.1, 0.15) is 0 Å². The average molecular weight is 267 g/mol. The Balaban J connectivity index is 2.15. The van der Waals surface area contributed by atoms with E-state index < -0.39 is 10.7 Å². The fourth-order valence-corrected chi connectivity index (χ4v) is 2.35. The highest BCUT2D eigenvalue weighted by Gasteiger charge is 2.23. The second-order valence-electron chi connectivity index (χ2n) is 5.19. The summed E-state index contributed by atoms with van der Waals surface area (Å²) in [5.74, 6) is -0.529. The Hall–Kier alpha value is -1.69. The summed E-state index contributed by atoms with van der Waals surface area (Å²) in [6.45, 7) is 0.932. The van der Waals surface area contributed by atoms with Gasteiger partial charge in [-0.25, -0.2) is 4.39 Å². The number of non-ortho nitro benzene ring substituents is 1. The largest absolute Gasteiger partial charge is 0.380 e. The molecule has 1 unspecified atom stereocenters. The third kappa shape index (κ3) is 3.20. The van der Waals surface area contributed by atoms with Crippen molar-refractivity contribution in [3.05, 3.63) is 33.6 Å². The Morgan fingerprint density at radius 3 is 2.89 bits per heavy atom. The average Bonchev–Trinajstić information content (AvgIpc) is 2.36. The molecule has 1 heterocycles. The number of nitro groups is 1. The van der Waals surface area contributed by atoms with Crippen LogP contribution in [0.2, 0.25) is 0 Å². The quantitative estimate of drug-likeness (QED) is 0.672. The van der Waals surface area contributed by atoms with Gasteiger partial charge in [-0.3, -0.25) is 10.1 Å². The molecule has 1 N–H and O–H groups in total. The van der Waals surface area contributed by atoms with Crippen LogP contribution in [0.4, 0.5) is 15.8 Å². The number of benzene rings is 1. The molecule has 0 aromatic heterocycles. The minimum atomic E-state index is -0.554. The Labute approximate surface area is 111 Å². The van der Waals surface area contributed by atoms with Gasteiger partial charge >= 0.3 is 0 Å². The molecule has 1 aromatic carbocycles. The molecule has 5 nitrogen and oxygen atoms in total. The number of hydrogen-bond acceptors (Lipinski definition) is 4. The van der Waals surface area contributed by atoms with Crippen LogP contribution in [-0.2, 0) is 6.42 Å². The minimum Gasteiger partial charge on any atom is -0.380 e. The lowest BCUT2D eigenvalue weighted by Crippen LogP contribution is -2.30. The summed E-state index contributed by atoms with van der Waals surface area (Å²) in [6.07, 6.45) is 2.49. The number of nitro benzene ring substituents is 1. The SMILES string of the molecule is CN(C)CCC1CCc2cc([N+](=O)[O-])cc(F)c2N1. The summed E-state index contributed by atoms with van der Waals surface area (Å²) in [4.78, 5) is 12.2. The van der Waals surface area contributed by atoms with Crippen molar-refractivity contribution in [3.8, 4) is 0 Å². The molecular weight excluding hydrogens is 249 g/mol. The number of fused-ring (bicyclic) bond motifs is 1. The smallest absolute Gasteiger partial charge is 0.272 e. The monoisotopic (exact) mass is 267 g/mol. The number of nitrogens with zero attached hydrogens (tertiary/aromatic N) is 2. The van der Waals surface area contributed by atoms with Crippen molar-refractivity contribution in [2.24, 2.45) is 0 Å². The maximum absolute atomic E-state index is 13.9. The van der Waals surface area contributed by atoms with Crippen LogP contribution in [0.15, 0.2) is 12.1 Å². The zero-order valence-electron chi connectivity index (χ0n) is 11.1. The maximum Gasteiger partial charge on any atom is 0.272 e. The van der Waals surface area contributed by atoms with Crippen LogP contribution in [0.1, 0.15) is 18.4 Å². The van der Waals surface area contributed by atoms with Crippen molar-refractivity contribution in [2.45, 2.75) is 25.3 Å². The van der Waals surface area contributed by atoms with E-state index in [0.717, 1.165) is 25.5 Å². The topological polar surface area (TPSA) is 58.4 Å². The molecule has 1 aliphatic heterocycles. The number of aryl methyl sites for hydroxylation is 1. The standard InChI is InChI=1S/C13H18FN3O2/c1-16(2)6-5-10-4-3-9-7-11(17(18)19)8-12(14)13(9)15-10/h7-8,10,15H,3-6H2,1-2H3. The molecule has 0 bridgehead atoms. The van der Waals surface area contributed by atoms with E-state index in [-0.39, 0.29) is 11.7 Å². The molecule has 6 heteroatoms. The van der Waals surface area contributed by atoms with E-state index in [0.29, 0.717) is 17.7 Å². The van der Waals surface area contributed by atoms with E-state index in [4.69, 9.17) is 0 Å². The zero-order valence-corrected chi connectivity index (χ0v) is 11.1. The zero-order chi connectivity index (χ0) is 14.0. The lowest BCUT2D eigenvalue weighted by molar-refractivity contribution is -0.385. The van der Waals surface area contributed by atoms with Crippen molar-refractivity contribution in [1.29, 1.82) is 0 Å². The first-order valence-corrected chi connectivity index (χ1v) is 6.35. The van der Waals surface area contributed by atoms with Crippen LogP contribution >= 0.6 is 0 Å². The molecule has 104 valence electrons. The first-order chi connectivity index (χ1) is 8.97. The van der Waals surface area contributed by atoms with Gasteiger partial charge in [0.05, 0.1) is 16.7 Å². The van der Waals surface area contributed by atoms with Gasteiger partial charge in [0, 0.05) is 12.1 Å². The summed E-state index contributed by atoms with van der Waals surface area (Å²) in [6, 6.07) is 2.68. The van der Waals surface area contributed by atoms with Crippen LogP contribution in [-0.4, -0.2) is 36.5 Å². The number of halogens is 1. The molecule has 2 rings (SSSR count). The molecule has 1 aromatic rings. The summed E-state index contributed by atoms with van der Waals surface area (Å²) in [5.41, 5.74) is 0.957. The highest BCUT2D eigenvalue weighted by molar-refractivity contribution is 5.59. The van der Waals surface area contributed by atoms with Crippen molar-refractivity contribution in [3.63, 3.8) is 0 Å². The Morgan fingerprint density at radius 1 is 1.53 bits per heavy atom. The molecule has 0 saturated carbocycles. The fraction of sp³-hybridized carbons (Fsp3) is 0.538. The lowest BCUT2D eigenvalue weighted by Gasteiger charge is -2.28. The second kappa shape index (κ2) is 5.52. The van der Waals surface area contributed by atoms with Crippen LogP contribution in [0.5, 0.6) is 0 Å². The predicted molar refractivity (Wildman–Crippen MR) is 72.0 cm³/mol. The van der Waals surface area contributed by atoms with Gasteiger partial charge in [-0.15, -0.1) is 0 Å². The van der Waals surface area contributed by atoms with Gasteiger partial charge in [-0.1, -0.05) is 0 Å². The van der Waals surface area contributed by atoms with Crippen molar-refractivity contribution in [1.82, 2.24) is 4.90 Å². The molecule has 0 saturated heterocycles. The predicted octanol–water partition coefficient (Wildman–Crippen LogP) is 2.41. The molecule has 0 spiro atoms. The van der Waals surface area contributed by atoms with Crippen LogP contribution in [0.3, 0.4) is 0 Å². The molecular formula is C13H18FN3O2. The van der Waals surface area contributed by atoms with E-state index in [1.807, 2.05) is 14.1 Å². The van der Waals surface area contributed by atoms with Crippen LogP contribution in [0.25, 0.3) is 0 Å². The Kier molecular flexibility index (Phi) is 3.99. The fourth-order valence-electron chi connectivity index (χ4n) is 2.35. The number of rotatable bonds is 4. The van der Waals surface area contributed by atoms with E-state index in [2.05, 4.69) is 10.2 Å². The summed E-state index contributed by atoms with van der Waals surface area (Å²) in [7, 11) is 4.00. The highest BCUT2D eigenvalue weighted by atomic mass is 19.1. The first kappa shape index (κ1) is 13.7. The molecule has 0 fully saturated rings. The third-order valence-corrected chi connectivity index (χ3v) is 3.40. The molecule has 1 aliphatic rings. The second-order valence-corrected chi connectivity index (χ2v) is 5.19. The number of anilines is 1. The molecule has 19 heavy (non-hydrogen) atoms. The molecule has 0 radical (unpaired) electrons. The van der Waals surface area contributed by atoms with Crippen LogP contribution < -0.4 is 5.32 Å². The van der Waals surface area contributed by atoms with Crippen molar-refractivity contribution in [2.75, 3.05) is 26.0 Å². The molecule has 1 atom stereocenters. The minimum absolute atomic E-state index is 0.176. The Bertz CT molecular complexity index is 491. The first-order valence-electron chi connectivity index (χ1n) is 6.35. The molecule has 0 aliphatic carbocycles. The van der Waals surface area contributed by atoms with E-state index in [1.54, 1.807) is 0 Å². The van der Waals surface area contributed by atoms with Gasteiger partial charge in [0.25, 0.3) is 5.69 Å². The van der Waals surface area contributed by atoms with Gasteiger partial charge in [-0.05, 0) is 45.5 Å². The summed E-state index contributed by atoms with van der Waals surface area (Å²) >= 11 is 0. The lowest BCUT2D eigenvalue weighted by atomic mass is 9.95. The van der Waals surface area contributed by atoms with E-state index in [9.17, 15) is 14.5 Å². The number of hydrogen-bond donors (Lipinski definition) is 1. The van der Waals surface area contributed by atoms with Gasteiger partial charge in [-0.2, -0.15) is 0 Å². The van der Waals surface area contributed by atoms with Crippen LogP contribution in [0, 0.1) is 15.9 Å². The normalized spacial score (nSPS) is 18.0. The van der Waals surface area contributed by atoms with E-state index >= 15 is 0 Å². The highest BCUT2D eigenvalue weighted by Crippen LogP contribution is 2.32. The summed E-state index contributed by atoms with van der Waals surface area (Å²) < 4.78 is 13.9. The maximum atomic E-state index is 13.9. The van der Waals surface area contributed by atoms with Gasteiger partial charge < -0.3 is 10.2 Å². The third-order valence-electron chi connectivity index (χ3n) is 3.40. The van der Waals surface area contributed by atoms with Crippen molar-refractivity contribution < 1.29 is 9.31 Å². The van der Waals surface area contributed by atoms with Gasteiger partial charge in [0.2, 0.25) is 0 Å². The Morgan fingerprint density at radius 2 is 2.26 bits per heavy atom.